The molecule has 0 radical (unpaired) electrons. The maximum absolute atomic E-state index is 12.0. The number of hydrogen-bond acceptors (Lipinski definition) is 4. The molecule has 3 rings (SSSR count). The van der Waals surface area contributed by atoms with E-state index in [0.717, 1.165) is 12.1 Å². The van der Waals surface area contributed by atoms with Crippen molar-refractivity contribution in [3.05, 3.63) is 77.3 Å². The van der Waals surface area contributed by atoms with E-state index in [0.29, 0.717) is 30.2 Å². The number of carbonyl (C=O) groups is 2. The first kappa shape index (κ1) is 19.6. The Morgan fingerprint density at radius 2 is 1.61 bits per heavy atom. The van der Waals surface area contributed by atoms with Gasteiger partial charge in [-0.05, 0) is 30.5 Å². The first-order valence-electron chi connectivity index (χ1n) is 9.07. The van der Waals surface area contributed by atoms with Crippen LogP contribution in [0.25, 0.3) is 0 Å². The highest BCUT2D eigenvalue weighted by Crippen LogP contribution is 2.17. The van der Waals surface area contributed by atoms with Crippen LogP contribution < -0.4 is 16.0 Å². The van der Waals surface area contributed by atoms with Gasteiger partial charge in [0.05, 0.1) is 5.69 Å². The van der Waals surface area contributed by atoms with E-state index in [4.69, 9.17) is 0 Å². The van der Waals surface area contributed by atoms with Gasteiger partial charge in [0, 0.05) is 24.0 Å². The topological polar surface area (TPSA) is 83.1 Å². The van der Waals surface area contributed by atoms with Crippen molar-refractivity contribution in [2.45, 2.75) is 19.3 Å². The van der Waals surface area contributed by atoms with Crippen molar-refractivity contribution in [1.82, 2.24) is 10.3 Å². The van der Waals surface area contributed by atoms with Crippen molar-refractivity contribution in [3.63, 3.8) is 0 Å². The molecule has 28 heavy (non-hydrogen) atoms. The molecule has 0 bridgehead atoms. The van der Waals surface area contributed by atoms with Gasteiger partial charge < -0.3 is 10.6 Å². The van der Waals surface area contributed by atoms with Crippen LogP contribution in [0.3, 0.4) is 0 Å². The van der Waals surface area contributed by atoms with Crippen LogP contribution in [0.5, 0.6) is 0 Å². The molecule has 3 amide bonds. The quantitative estimate of drug-likeness (QED) is 0.538. The Hall–Kier alpha value is -3.19. The molecule has 7 heteroatoms. The molecular formula is C21H22N4O2S. The number of hydrogen-bond donors (Lipinski definition) is 3. The highest BCUT2D eigenvalue weighted by molar-refractivity contribution is 7.13. The van der Waals surface area contributed by atoms with Crippen molar-refractivity contribution in [1.29, 1.82) is 0 Å². The van der Waals surface area contributed by atoms with Gasteiger partial charge in [-0.15, -0.1) is 11.3 Å². The molecule has 0 aliphatic heterocycles. The van der Waals surface area contributed by atoms with Crippen LogP contribution in [-0.4, -0.2) is 23.5 Å². The predicted octanol–water partition coefficient (Wildman–Crippen LogP) is 4.08. The summed E-state index contributed by atoms with van der Waals surface area (Å²) in [6, 6.07) is 18.9. The number of aromatic nitrogens is 1. The fraction of sp³-hybridized carbons (Fsp3) is 0.190. The minimum atomic E-state index is -0.342. The Bertz CT molecular complexity index is 897. The Morgan fingerprint density at radius 1 is 0.893 bits per heavy atom. The van der Waals surface area contributed by atoms with E-state index in [9.17, 15) is 9.59 Å². The highest BCUT2D eigenvalue weighted by atomic mass is 32.1. The normalized spacial score (nSPS) is 10.3. The molecule has 0 saturated carbocycles. The number of rotatable bonds is 8. The van der Waals surface area contributed by atoms with E-state index in [-0.39, 0.29) is 11.9 Å². The number of anilines is 2. The summed E-state index contributed by atoms with van der Waals surface area (Å²) >= 11 is 1.34. The molecule has 2 aromatic carbocycles. The average Bonchev–Trinajstić information content (AvgIpc) is 3.15. The Morgan fingerprint density at radius 3 is 2.36 bits per heavy atom. The molecule has 3 aromatic rings. The molecule has 0 atom stereocenters. The maximum Gasteiger partial charge on any atom is 0.325 e. The minimum Gasteiger partial charge on any atom is -0.356 e. The van der Waals surface area contributed by atoms with Crippen molar-refractivity contribution >= 4 is 34.1 Å². The molecule has 0 aliphatic rings. The van der Waals surface area contributed by atoms with E-state index < -0.39 is 0 Å². The van der Waals surface area contributed by atoms with E-state index in [1.165, 1.54) is 16.9 Å². The van der Waals surface area contributed by atoms with Gasteiger partial charge in [0.15, 0.2) is 5.13 Å². The number of nitrogens with one attached hydrogen (secondary N) is 3. The Kier molecular flexibility index (Phi) is 7.14. The van der Waals surface area contributed by atoms with Crippen molar-refractivity contribution in [2.75, 3.05) is 17.2 Å². The molecule has 0 aliphatic carbocycles. The monoisotopic (exact) mass is 394 g/mol. The predicted molar refractivity (Wildman–Crippen MR) is 113 cm³/mol. The smallest absolute Gasteiger partial charge is 0.325 e. The number of carbonyl (C=O) groups excluding carboxylic acids is 2. The Balaban J connectivity index is 1.37. The molecule has 0 fully saturated rings. The van der Waals surface area contributed by atoms with Gasteiger partial charge in [0.2, 0.25) is 5.91 Å². The lowest BCUT2D eigenvalue weighted by molar-refractivity contribution is -0.121. The average molecular weight is 395 g/mol. The van der Waals surface area contributed by atoms with Crippen molar-refractivity contribution in [2.24, 2.45) is 0 Å². The van der Waals surface area contributed by atoms with Crippen LogP contribution in [-0.2, 0) is 17.6 Å². The number of thiazole rings is 1. The van der Waals surface area contributed by atoms with Crippen LogP contribution >= 0.6 is 11.3 Å². The summed E-state index contributed by atoms with van der Waals surface area (Å²) < 4.78 is 0. The second-order valence-electron chi connectivity index (χ2n) is 6.17. The first-order chi connectivity index (χ1) is 13.7. The van der Waals surface area contributed by atoms with Gasteiger partial charge in [-0.25, -0.2) is 9.78 Å². The summed E-state index contributed by atoms with van der Waals surface area (Å²) in [5.74, 6) is 0.000242. The summed E-state index contributed by atoms with van der Waals surface area (Å²) in [5.41, 5.74) is 2.70. The second kappa shape index (κ2) is 10.2. The lowest BCUT2D eigenvalue weighted by Gasteiger charge is -2.05. The van der Waals surface area contributed by atoms with Crippen LogP contribution in [0.4, 0.5) is 15.6 Å². The zero-order chi connectivity index (χ0) is 19.6. The third-order valence-electron chi connectivity index (χ3n) is 3.99. The number of urea groups is 1. The number of benzene rings is 2. The fourth-order valence-corrected chi connectivity index (χ4v) is 3.32. The number of nitrogens with zero attached hydrogens (tertiary/aromatic N) is 1. The zero-order valence-electron chi connectivity index (χ0n) is 15.4. The van der Waals surface area contributed by atoms with Crippen molar-refractivity contribution in [3.8, 4) is 0 Å². The van der Waals surface area contributed by atoms with Gasteiger partial charge in [0.1, 0.15) is 0 Å². The van der Waals surface area contributed by atoms with Crippen LogP contribution in [0.2, 0.25) is 0 Å². The summed E-state index contributed by atoms with van der Waals surface area (Å²) in [4.78, 5) is 28.3. The highest BCUT2D eigenvalue weighted by Gasteiger charge is 2.08. The molecule has 144 valence electrons. The fourth-order valence-electron chi connectivity index (χ4n) is 2.58. The summed E-state index contributed by atoms with van der Waals surface area (Å²) in [7, 11) is 0. The maximum atomic E-state index is 12.0. The lowest BCUT2D eigenvalue weighted by Crippen LogP contribution is -2.25. The Labute approximate surface area is 168 Å². The SMILES string of the molecule is O=C(CCc1csc(NC(=O)Nc2ccccc2)n1)NCCc1ccccc1. The van der Waals surface area contributed by atoms with Gasteiger partial charge >= 0.3 is 6.03 Å². The lowest BCUT2D eigenvalue weighted by atomic mass is 10.1. The van der Waals surface area contributed by atoms with Crippen molar-refractivity contribution < 1.29 is 9.59 Å². The summed E-state index contributed by atoms with van der Waals surface area (Å²) in [5, 5.41) is 10.7. The van der Waals surface area contributed by atoms with Gasteiger partial charge in [0.25, 0.3) is 0 Å². The number of amides is 3. The van der Waals surface area contributed by atoms with Gasteiger partial charge in [-0.2, -0.15) is 0 Å². The van der Waals surface area contributed by atoms with Crippen LogP contribution in [0, 0.1) is 0 Å². The van der Waals surface area contributed by atoms with Crippen LogP contribution in [0.15, 0.2) is 66.0 Å². The van der Waals surface area contributed by atoms with E-state index in [2.05, 4.69) is 20.9 Å². The van der Waals surface area contributed by atoms with E-state index in [1.54, 1.807) is 0 Å². The molecule has 0 saturated heterocycles. The molecule has 0 spiro atoms. The molecule has 3 N–H and O–H groups in total. The first-order valence-corrected chi connectivity index (χ1v) is 9.95. The number of aryl methyl sites for hydroxylation is 1. The third-order valence-corrected chi connectivity index (χ3v) is 4.80. The second-order valence-corrected chi connectivity index (χ2v) is 7.03. The van der Waals surface area contributed by atoms with E-state index >= 15 is 0 Å². The van der Waals surface area contributed by atoms with Crippen LogP contribution in [0.1, 0.15) is 17.7 Å². The molecule has 1 heterocycles. The minimum absolute atomic E-state index is 0.000242. The third kappa shape index (κ3) is 6.51. The summed E-state index contributed by atoms with van der Waals surface area (Å²) in [6.45, 7) is 0.617. The largest absolute Gasteiger partial charge is 0.356 e. The zero-order valence-corrected chi connectivity index (χ0v) is 16.2. The standard InChI is InChI=1S/C21H22N4O2S/c26-19(22-14-13-16-7-3-1-4-8-16)12-11-18-15-28-21(24-18)25-20(27)23-17-9-5-2-6-10-17/h1-10,15H,11-14H2,(H,22,26)(H2,23,24,25,27). The van der Waals surface area contributed by atoms with Gasteiger partial charge in [-0.1, -0.05) is 48.5 Å². The van der Waals surface area contributed by atoms with E-state index in [1.807, 2.05) is 66.0 Å². The van der Waals surface area contributed by atoms with Gasteiger partial charge in [-0.3, -0.25) is 10.1 Å². The molecule has 1 aromatic heterocycles. The number of para-hydroxylation sites is 1. The summed E-state index contributed by atoms with van der Waals surface area (Å²) in [6.07, 6.45) is 1.72. The molecular weight excluding hydrogens is 372 g/mol. The molecule has 6 nitrogen and oxygen atoms in total. The molecule has 0 unspecified atom stereocenters.